The first-order valence-electron chi connectivity index (χ1n) is 2.24. The van der Waals surface area contributed by atoms with E-state index in [9.17, 15) is 0 Å². The smallest absolute Gasteiger partial charge is 0.129 e. The fraction of sp³-hybridized carbons (Fsp3) is 0.400. The van der Waals surface area contributed by atoms with Crippen molar-refractivity contribution in [1.29, 1.82) is 0 Å². The van der Waals surface area contributed by atoms with Crippen molar-refractivity contribution in [2.75, 3.05) is 6.67 Å². The fourth-order valence-electron chi connectivity index (χ4n) is 0.413. The molecule has 0 amide bonds. The van der Waals surface area contributed by atoms with Gasteiger partial charge in [-0.15, -0.1) is 0 Å². The predicted octanol–water partition coefficient (Wildman–Crippen LogP) is 0.536. The SMILES string of the molecule is CC1=NC[N]C=C1. The number of rotatable bonds is 0. The van der Waals surface area contributed by atoms with Crippen LogP contribution in [0.5, 0.6) is 0 Å². The maximum absolute atomic E-state index is 3.99. The van der Waals surface area contributed by atoms with Gasteiger partial charge < -0.3 is 0 Å². The highest BCUT2D eigenvalue weighted by Crippen LogP contribution is 1.85. The van der Waals surface area contributed by atoms with E-state index in [4.69, 9.17) is 0 Å². The third-order valence-electron chi connectivity index (χ3n) is 0.823. The van der Waals surface area contributed by atoms with Crippen molar-refractivity contribution in [3.8, 4) is 0 Å². The predicted molar refractivity (Wildman–Crippen MR) is 29.2 cm³/mol. The summed E-state index contributed by atoms with van der Waals surface area (Å²) in [6.07, 6.45) is 3.67. The average molecular weight is 95.1 g/mol. The van der Waals surface area contributed by atoms with Gasteiger partial charge in [-0.25, -0.2) is 0 Å². The molecule has 0 aromatic heterocycles. The van der Waals surface area contributed by atoms with Crippen molar-refractivity contribution in [3.63, 3.8) is 0 Å². The van der Waals surface area contributed by atoms with E-state index in [2.05, 4.69) is 10.3 Å². The summed E-state index contributed by atoms with van der Waals surface area (Å²) in [5.74, 6) is 0. The summed E-state index contributed by atoms with van der Waals surface area (Å²) in [5, 5.41) is 3.86. The van der Waals surface area contributed by atoms with Crippen molar-refractivity contribution in [3.05, 3.63) is 12.3 Å². The van der Waals surface area contributed by atoms with Gasteiger partial charge in [0, 0.05) is 11.9 Å². The zero-order valence-corrected chi connectivity index (χ0v) is 4.26. The topological polar surface area (TPSA) is 26.5 Å². The Labute approximate surface area is 42.9 Å². The molecule has 0 aromatic carbocycles. The molecule has 0 N–H and O–H groups in total. The van der Waals surface area contributed by atoms with Crippen LogP contribution in [0.4, 0.5) is 0 Å². The summed E-state index contributed by atoms with van der Waals surface area (Å²) in [6.45, 7) is 2.58. The van der Waals surface area contributed by atoms with Gasteiger partial charge >= 0.3 is 0 Å². The van der Waals surface area contributed by atoms with Gasteiger partial charge in [-0.3, -0.25) is 10.3 Å². The van der Waals surface area contributed by atoms with Crippen molar-refractivity contribution in [2.24, 2.45) is 4.99 Å². The molecule has 0 saturated heterocycles. The average Bonchev–Trinajstić information content (AvgIpc) is 1.69. The lowest BCUT2D eigenvalue weighted by molar-refractivity contribution is 0.856. The molecule has 2 heteroatoms. The van der Waals surface area contributed by atoms with Crippen molar-refractivity contribution < 1.29 is 0 Å². The Bertz CT molecular complexity index is 113. The molecule has 1 radical (unpaired) electrons. The van der Waals surface area contributed by atoms with E-state index in [0.29, 0.717) is 6.67 Å². The molecule has 0 spiro atoms. The largest absolute Gasteiger partial charge is 0.270 e. The van der Waals surface area contributed by atoms with Gasteiger partial charge in [-0.1, -0.05) is 0 Å². The van der Waals surface area contributed by atoms with Crippen LogP contribution in [0.2, 0.25) is 0 Å². The van der Waals surface area contributed by atoms with E-state index in [1.807, 2.05) is 13.0 Å². The Hall–Kier alpha value is -0.790. The molecule has 0 fully saturated rings. The lowest BCUT2D eigenvalue weighted by Crippen LogP contribution is -2.03. The van der Waals surface area contributed by atoms with Crippen LogP contribution in [0.3, 0.4) is 0 Å². The van der Waals surface area contributed by atoms with E-state index < -0.39 is 0 Å². The molecule has 0 aliphatic carbocycles. The van der Waals surface area contributed by atoms with Crippen molar-refractivity contribution in [1.82, 2.24) is 5.32 Å². The van der Waals surface area contributed by atoms with Gasteiger partial charge in [0.1, 0.15) is 6.67 Å². The zero-order chi connectivity index (χ0) is 5.11. The Morgan fingerprint density at radius 2 is 2.57 bits per heavy atom. The van der Waals surface area contributed by atoms with Crippen LogP contribution in [0.1, 0.15) is 6.92 Å². The molecule has 0 atom stereocenters. The maximum atomic E-state index is 3.99. The quantitative estimate of drug-likeness (QED) is 0.419. The minimum Gasteiger partial charge on any atom is -0.270 e. The fourth-order valence-corrected chi connectivity index (χ4v) is 0.413. The number of aliphatic imine (C=N–C) groups is 1. The van der Waals surface area contributed by atoms with Gasteiger partial charge in [0.05, 0.1) is 0 Å². The molecule has 0 aromatic rings. The van der Waals surface area contributed by atoms with Gasteiger partial charge in [-0.2, -0.15) is 0 Å². The number of hydrogen-bond donors (Lipinski definition) is 0. The Kier molecular flexibility index (Phi) is 1.11. The van der Waals surface area contributed by atoms with Crippen LogP contribution in [-0.4, -0.2) is 12.4 Å². The minimum atomic E-state index is 0.613. The summed E-state index contributed by atoms with van der Waals surface area (Å²) in [6, 6.07) is 0. The van der Waals surface area contributed by atoms with Gasteiger partial charge in [-0.05, 0) is 13.0 Å². The Balaban J connectivity index is 2.58. The monoisotopic (exact) mass is 95.1 g/mol. The highest BCUT2D eigenvalue weighted by Gasteiger charge is 1.87. The second-order valence-electron chi connectivity index (χ2n) is 1.44. The molecular weight excluding hydrogens is 88.1 g/mol. The van der Waals surface area contributed by atoms with E-state index in [1.165, 1.54) is 0 Å². The molecule has 1 heterocycles. The lowest BCUT2D eigenvalue weighted by Gasteiger charge is -1.97. The molecule has 2 nitrogen and oxygen atoms in total. The van der Waals surface area contributed by atoms with Crippen LogP contribution in [0, 0.1) is 0 Å². The Morgan fingerprint density at radius 1 is 1.71 bits per heavy atom. The van der Waals surface area contributed by atoms with Crippen LogP contribution in [0.15, 0.2) is 17.3 Å². The van der Waals surface area contributed by atoms with E-state index in [1.54, 1.807) is 6.20 Å². The number of allylic oxidation sites excluding steroid dienone is 1. The first kappa shape index (κ1) is 4.37. The molecule has 37 valence electrons. The lowest BCUT2D eigenvalue weighted by atomic mass is 10.4. The summed E-state index contributed by atoms with van der Waals surface area (Å²) < 4.78 is 0. The molecule has 1 rings (SSSR count). The van der Waals surface area contributed by atoms with Gasteiger partial charge in [0.15, 0.2) is 0 Å². The number of nitrogens with zero attached hydrogens (tertiary/aromatic N) is 2. The summed E-state index contributed by atoms with van der Waals surface area (Å²) in [5.41, 5.74) is 1.06. The van der Waals surface area contributed by atoms with E-state index >= 15 is 0 Å². The Morgan fingerprint density at radius 3 is 2.86 bits per heavy atom. The zero-order valence-electron chi connectivity index (χ0n) is 4.26. The third kappa shape index (κ3) is 1.03. The van der Waals surface area contributed by atoms with Crippen molar-refractivity contribution in [2.45, 2.75) is 6.92 Å². The first-order chi connectivity index (χ1) is 3.39. The molecule has 0 saturated carbocycles. The minimum absolute atomic E-state index is 0.613. The summed E-state index contributed by atoms with van der Waals surface area (Å²) in [4.78, 5) is 3.99. The molecule has 1 aliphatic heterocycles. The normalized spacial score (nSPS) is 18.1. The van der Waals surface area contributed by atoms with E-state index in [0.717, 1.165) is 5.71 Å². The van der Waals surface area contributed by atoms with Crippen LogP contribution in [0.25, 0.3) is 0 Å². The molecular formula is C5H7N2. The van der Waals surface area contributed by atoms with Crippen LogP contribution < -0.4 is 5.32 Å². The van der Waals surface area contributed by atoms with Crippen LogP contribution >= 0.6 is 0 Å². The third-order valence-corrected chi connectivity index (χ3v) is 0.823. The van der Waals surface area contributed by atoms with Gasteiger partial charge in [0.2, 0.25) is 0 Å². The van der Waals surface area contributed by atoms with Crippen molar-refractivity contribution >= 4 is 5.71 Å². The molecule has 0 unspecified atom stereocenters. The highest BCUT2D eigenvalue weighted by atomic mass is 15.0. The second kappa shape index (κ2) is 1.78. The summed E-state index contributed by atoms with van der Waals surface area (Å²) in [7, 11) is 0. The maximum Gasteiger partial charge on any atom is 0.129 e. The van der Waals surface area contributed by atoms with Crippen LogP contribution in [-0.2, 0) is 0 Å². The molecule has 1 aliphatic rings. The first-order valence-corrected chi connectivity index (χ1v) is 2.24. The number of hydrogen-bond acceptors (Lipinski definition) is 1. The molecule has 0 bridgehead atoms. The second-order valence-corrected chi connectivity index (χ2v) is 1.44. The standard InChI is InChI=1S/C5H7N2/c1-5-2-3-6-4-7-5/h2-3H,4H2,1H3. The van der Waals surface area contributed by atoms with E-state index in [-0.39, 0.29) is 0 Å². The molecule has 7 heavy (non-hydrogen) atoms. The summed E-state index contributed by atoms with van der Waals surface area (Å²) >= 11 is 0. The van der Waals surface area contributed by atoms with Gasteiger partial charge in [0.25, 0.3) is 0 Å². The highest BCUT2D eigenvalue weighted by molar-refractivity contribution is 5.93.